The summed E-state index contributed by atoms with van der Waals surface area (Å²) in [6, 6.07) is 1.61. The van der Waals surface area contributed by atoms with E-state index in [0.717, 1.165) is 5.56 Å². The van der Waals surface area contributed by atoms with Crippen LogP contribution in [0.4, 0.5) is 4.79 Å². The number of ether oxygens (including phenoxy) is 2. The first-order valence-corrected chi connectivity index (χ1v) is 5.54. The Balaban J connectivity index is 2.47. The molecule has 18 heavy (non-hydrogen) atoms. The minimum absolute atomic E-state index is 0.280. The van der Waals surface area contributed by atoms with Gasteiger partial charge in [-0.1, -0.05) is 0 Å². The molecule has 6 heteroatoms. The maximum atomic E-state index is 11.4. The maximum absolute atomic E-state index is 11.4. The summed E-state index contributed by atoms with van der Waals surface area (Å²) in [6.45, 7) is 5.65. The zero-order valence-corrected chi connectivity index (χ0v) is 11.0. The summed E-state index contributed by atoms with van der Waals surface area (Å²) in [7, 11) is 1.31. The molecule has 6 nitrogen and oxygen atoms in total. The average Bonchev–Trinajstić information content (AvgIpc) is 2.71. The zero-order valence-electron chi connectivity index (χ0n) is 11.0. The van der Waals surface area contributed by atoms with E-state index in [1.807, 2.05) is 0 Å². The van der Waals surface area contributed by atoms with Crippen molar-refractivity contribution in [2.75, 3.05) is 7.11 Å². The molecule has 0 radical (unpaired) electrons. The van der Waals surface area contributed by atoms with Gasteiger partial charge in [0.05, 0.1) is 7.11 Å². The van der Waals surface area contributed by atoms with Gasteiger partial charge in [-0.2, -0.15) is 0 Å². The van der Waals surface area contributed by atoms with Crippen molar-refractivity contribution in [3.63, 3.8) is 0 Å². The van der Waals surface area contributed by atoms with Gasteiger partial charge in [-0.25, -0.2) is 9.59 Å². The molecule has 0 unspecified atom stereocenters. The minimum Gasteiger partial charge on any atom is -0.464 e. The topological polar surface area (TPSA) is 80.4 Å². The Hall–Kier alpha value is -1.98. The lowest BCUT2D eigenvalue weighted by Crippen LogP contribution is -2.32. The number of carbonyl (C=O) groups excluding carboxylic acids is 2. The van der Waals surface area contributed by atoms with Gasteiger partial charge < -0.3 is 19.8 Å². The monoisotopic (exact) mass is 254 g/mol. The van der Waals surface area contributed by atoms with E-state index in [0.29, 0.717) is 5.69 Å². The Kier molecular flexibility index (Phi) is 4.36. The summed E-state index contributed by atoms with van der Waals surface area (Å²) in [5, 5.41) is 2.59. The van der Waals surface area contributed by atoms with Crippen molar-refractivity contribution in [2.24, 2.45) is 0 Å². The molecule has 1 heterocycles. The van der Waals surface area contributed by atoms with Crippen molar-refractivity contribution in [1.82, 2.24) is 10.3 Å². The highest BCUT2D eigenvalue weighted by atomic mass is 16.6. The number of nitrogens with one attached hydrogen (secondary N) is 2. The first-order chi connectivity index (χ1) is 8.31. The molecule has 0 fully saturated rings. The fourth-order valence-corrected chi connectivity index (χ4v) is 1.26. The van der Waals surface area contributed by atoms with E-state index in [4.69, 9.17) is 4.74 Å². The molecule has 2 N–H and O–H groups in total. The third-order valence-electron chi connectivity index (χ3n) is 1.98. The Bertz CT molecular complexity index is 432. The van der Waals surface area contributed by atoms with Crippen LogP contribution in [0.25, 0.3) is 0 Å². The number of aromatic nitrogens is 1. The largest absolute Gasteiger partial charge is 0.464 e. The number of amides is 1. The summed E-state index contributed by atoms with van der Waals surface area (Å²) in [5.41, 5.74) is 0.583. The number of esters is 1. The third kappa shape index (κ3) is 4.48. The van der Waals surface area contributed by atoms with E-state index in [1.54, 1.807) is 33.0 Å². The quantitative estimate of drug-likeness (QED) is 0.806. The lowest BCUT2D eigenvalue weighted by atomic mass is 10.2. The van der Waals surface area contributed by atoms with Gasteiger partial charge in [-0.05, 0) is 32.4 Å². The van der Waals surface area contributed by atoms with Crippen LogP contribution >= 0.6 is 0 Å². The zero-order chi connectivity index (χ0) is 13.8. The highest BCUT2D eigenvalue weighted by Crippen LogP contribution is 2.08. The lowest BCUT2D eigenvalue weighted by molar-refractivity contribution is 0.0522. The third-order valence-corrected chi connectivity index (χ3v) is 1.98. The van der Waals surface area contributed by atoms with Crippen LogP contribution in [0.3, 0.4) is 0 Å². The van der Waals surface area contributed by atoms with E-state index in [2.05, 4.69) is 15.0 Å². The van der Waals surface area contributed by atoms with E-state index in [1.165, 1.54) is 7.11 Å². The number of rotatable bonds is 3. The first-order valence-electron chi connectivity index (χ1n) is 5.54. The highest BCUT2D eigenvalue weighted by molar-refractivity contribution is 5.87. The smallest absolute Gasteiger partial charge is 0.407 e. The predicted molar refractivity (Wildman–Crippen MR) is 65.2 cm³/mol. The van der Waals surface area contributed by atoms with Crippen molar-refractivity contribution in [2.45, 2.75) is 32.9 Å². The second-order valence-electron chi connectivity index (χ2n) is 4.77. The van der Waals surface area contributed by atoms with Gasteiger partial charge in [-0.3, -0.25) is 0 Å². The summed E-state index contributed by atoms with van der Waals surface area (Å²) < 4.78 is 9.64. The predicted octanol–water partition coefficient (Wildman–Crippen LogP) is 1.83. The number of hydrogen-bond donors (Lipinski definition) is 2. The average molecular weight is 254 g/mol. The molecule has 100 valence electrons. The molecule has 0 aliphatic heterocycles. The van der Waals surface area contributed by atoms with Gasteiger partial charge >= 0.3 is 12.1 Å². The van der Waals surface area contributed by atoms with Gasteiger partial charge in [0.25, 0.3) is 0 Å². The van der Waals surface area contributed by atoms with Crippen molar-refractivity contribution < 1.29 is 19.1 Å². The van der Waals surface area contributed by atoms with Gasteiger partial charge in [0.1, 0.15) is 11.3 Å². The molecule has 1 aromatic heterocycles. The van der Waals surface area contributed by atoms with Gasteiger partial charge in [-0.15, -0.1) is 0 Å². The van der Waals surface area contributed by atoms with Gasteiger partial charge in [0.2, 0.25) is 0 Å². The molecule has 0 saturated carbocycles. The van der Waals surface area contributed by atoms with Crippen LogP contribution in [-0.4, -0.2) is 29.8 Å². The van der Waals surface area contributed by atoms with Gasteiger partial charge in [0, 0.05) is 12.7 Å². The molecule has 0 aliphatic rings. The molecule has 0 aliphatic carbocycles. The Morgan fingerprint density at radius 1 is 1.39 bits per heavy atom. The standard InChI is InChI=1S/C12H18N2O4/c1-12(2,3)18-11(16)14-7-8-5-9(13-6-8)10(15)17-4/h5-6,13H,7H2,1-4H3,(H,14,16). The van der Waals surface area contributed by atoms with Crippen LogP contribution in [0.2, 0.25) is 0 Å². The number of aromatic amines is 1. The van der Waals surface area contributed by atoms with E-state index < -0.39 is 17.7 Å². The number of alkyl carbamates (subject to hydrolysis) is 1. The van der Waals surface area contributed by atoms with Crippen molar-refractivity contribution in [1.29, 1.82) is 0 Å². The molecule has 0 bridgehead atoms. The van der Waals surface area contributed by atoms with Crippen LogP contribution < -0.4 is 5.32 Å². The Morgan fingerprint density at radius 2 is 2.06 bits per heavy atom. The normalized spacial score (nSPS) is 10.9. The lowest BCUT2D eigenvalue weighted by Gasteiger charge is -2.19. The number of hydrogen-bond acceptors (Lipinski definition) is 4. The molecule has 0 aromatic carbocycles. The molecular weight excluding hydrogens is 236 g/mol. The molecule has 0 atom stereocenters. The first kappa shape index (κ1) is 14.1. The van der Waals surface area contributed by atoms with Crippen LogP contribution in [-0.2, 0) is 16.0 Å². The number of H-pyrrole nitrogens is 1. The SMILES string of the molecule is COC(=O)c1cc(CNC(=O)OC(C)(C)C)c[nH]1. The summed E-state index contributed by atoms with van der Waals surface area (Å²) >= 11 is 0. The summed E-state index contributed by atoms with van der Waals surface area (Å²) in [6.07, 6.45) is 1.13. The minimum atomic E-state index is -0.528. The second-order valence-corrected chi connectivity index (χ2v) is 4.77. The van der Waals surface area contributed by atoms with E-state index in [9.17, 15) is 9.59 Å². The Labute approximate surface area is 106 Å². The van der Waals surface area contributed by atoms with Crippen molar-refractivity contribution in [3.8, 4) is 0 Å². The molecular formula is C12H18N2O4. The molecule has 1 amide bonds. The number of methoxy groups -OCH3 is 1. The van der Waals surface area contributed by atoms with Gasteiger partial charge in [0.15, 0.2) is 0 Å². The maximum Gasteiger partial charge on any atom is 0.407 e. The Morgan fingerprint density at radius 3 is 2.61 bits per heavy atom. The number of carbonyl (C=O) groups is 2. The second kappa shape index (κ2) is 5.57. The summed E-state index contributed by atoms with van der Waals surface area (Å²) in [4.78, 5) is 25.3. The molecule has 1 rings (SSSR count). The molecule has 0 spiro atoms. The van der Waals surface area contributed by atoms with Crippen molar-refractivity contribution in [3.05, 3.63) is 23.5 Å². The van der Waals surface area contributed by atoms with E-state index in [-0.39, 0.29) is 6.54 Å². The highest BCUT2D eigenvalue weighted by Gasteiger charge is 2.16. The van der Waals surface area contributed by atoms with E-state index >= 15 is 0 Å². The molecule has 1 aromatic rings. The van der Waals surface area contributed by atoms with Crippen molar-refractivity contribution >= 4 is 12.1 Å². The van der Waals surface area contributed by atoms with Crippen LogP contribution in [0, 0.1) is 0 Å². The fourth-order valence-electron chi connectivity index (χ4n) is 1.26. The van der Waals surface area contributed by atoms with Crippen LogP contribution in [0.1, 0.15) is 36.8 Å². The van der Waals surface area contributed by atoms with Crippen LogP contribution in [0.15, 0.2) is 12.3 Å². The van der Waals surface area contributed by atoms with Crippen LogP contribution in [0.5, 0.6) is 0 Å². The summed E-state index contributed by atoms with van der Waals surface area (Å²) in [5.74, 6) is -0.446. The molecule has 0 saturated heterocycles. The fraction of sp³-hybridized carbons (Fsp3) is 0.500.